The lowest BCUT2D eigenvalue weighted by Gasteiger charge is -2.12. The van der Waals surface area contributed by atoms with E-state index < -0.39 is 11.7 Å². The molecule has 0 amide bonds. The molecular formula is C23H27F3IN5. The van der Waals surface area contributed by atoms with Crippen molar-refractivity contribution in [3.05, 3.63) is 89.5 Å². The van der Waals surface area contributed by atoms with Crippen LogP contribution in [-0.2, 0) is 25.7 Å². The largest absolute Gasteiger partial charge is 0.416 e. The summed E-state index contributed by atoms with van der Waals surface area (Å²) in [4.78, 5) is 8.69. The third kappa shape index (κ3) is 8.18. The zero-order chi connectivity index (χ0) is 22.1. The first-order chi connectivity index (χ1) is 14.9. The van der Waals surface area contributed by atoms with E-state index in [4.69, 9.17) is 0 Å². The summed E-state index contributed by atoms with van der Waals surface area (Å²) < 4.78 is 40.0. The summed E-state index contributed by atoms with van der Waals surface area (Å²) in [6, 6.07) is 13.5. The van der Waals surface area contributed by atoms with Gasteiger partial charge in [-0.2, -0.15) is 13.2 Å². The number of aromatic nitrogens is 2. The molecule has 9 heteroatoms. The van der Waals surface area contributed by atoms with Gasteiger partial charge in [-0.05, 0) is 42.2 Å². The minimum atomic E-state index is -4.31. The van der Waals surface area contributed by atoms with Gasteiger partial charge in [-0.15, -0.1) is 24.0 Å². The number of imidazole rings is 1. The summed E-state index contributed by atoms with van der Waals surface area (Å²) in [5, 5.41) is 6.44. The SMILES string of the molecule is CCNC(=NCc1cccc(Cn2ccnc2)c1)NCCc1ccc(C(F)(F)F)cc1.I. The van der Waals surface area contributed by atoms with Crippen LogP contribution in [-0.4, -0.2) is 28.6 Å². The van der Waals surface area contributed by atoms with E-state index in [1.807, 2.05) is 29.8 Å². The highest BCUT2D eigenvalue weighted by atomic mass is 127. The number of alkyl halides is 3. The average Bonchev–Trinajstić information content (AvgIpc) is 3.25. The number of nitrogens with zero attached hydrogens (tertiary/aromatic N) is 3. The van der Waals surface area contributed by atoms with Gasteiger partial charge in [0.15, 0.2) is 5.96 Å². The van der Waals surface area contributed by atoms with Gasteiger partial charge in [-0.1, -0.05) is 36.4 Å². The quantitative estimate of drug-likeness (QED) is 0.236. The van der Waals surface area contributed by atoms with E-state index in [1.165, 1.54) is 17.7 Å². The van der Waals surface area contributed by atoms with Crippen molar-refractivity contribution in [2.24, 2.45) is 4.99 Å². The van der Waals surface area contributed by atoms with Crippen molar-refractivity contribution in [3.8, 4) is 0 Å². The van der Waals surface area contributed by atoms with Gasteiger partial charge in [0.1, 0.15) is 0 Å². The fraction of sp³-hybridized carbons (Fsp3) is 0.304. The van der Waals surface area contributed by atoms with E-state index in [9.17, 15) is 13.2 Å². The summed E-state index contributed by atoms with van der Waals surface area (Å²) in [6.07, 6.45) is 1.76. The van der Waals surface area contributed by atoms with E-state index >= 15 is 0 Å². The fourth-order valence-corrected chi connectivity index (χ4v) is 3.12. The van der Waals surface area contributed by atoms with Gasteiger partial charge in [0.05, 0.1) is 18.4 Å². The molecule has 2 aromatic carbocycles. The van der Waals surface area contributed by atoms with Gasteiger partial charge in [0.2, 0.25) is 0 Å². The van der Waals surface area contributed by atoms with Crippen molar-refractivity contribution in [3.63, 3.8) is 0 Å². The zero-order valence-corrected chi connectivity index (χ0v) is 20.1. The Morgan fingerprint density at radius 3 is 2.44 bits per heavy atom. The molecule has 1 heterocycles. The fourth-order valence-electron chi connectivity index (χ4n) is 3.12. The molecule has 2 N–H and O–H groups in total. The van der Waals surface area contributed by atoms with Crippen LogP contribution in [0.25, 0.3) is 0 Å². The van der Waals surface area contributed by atoms with Crippen LogP contribution >= 0.6 is 24.0 Å². The first-order valence-corrected chi connectivity index (χ1v) is 10.2. The molecule has 0 atom stereocenters. The van der Waals surface area contributed by atoms with Crippen molar-refractivity contribution < 1.29 is 13.2 Å². The smallest absolute Gasteiger partial charge is 0.357 e. The standard InChI is InChI=1S/C23H26F3N5.HI/c1-2-28-22(29-11-10-18-6-8-21(9-7-18)23(24,25)26)30-15-19-4-3-5-20(14-19)16-31-13-12-27-17-31;/h3-9,12-14,17H,2,10-11,15-16H2,1H3,(H2,28,29,30);1H. The second kappa shape index (κ2) is 12.5. The van der Waals surface area contributed by atoms with Crippen LogP contribution in [0.5, 0.6) is 0 Å². The zero-order valence-electron chi connectivity index (χ0n) is 17.8. The van der Waals surface area contributed by atoms with E-state index in [1.54, 1.807) is 12.5 Å². The molecular weight excluding hydrogens is 530 g/mol. The number of aliphatic imine (C=N–C) groups is 1. The highest BCUT2D eigenvalue weighted by Crippen LogP contribution is 2.29. The molecule has 0 saturated carbocycles. The minimum Gasteiger partial charge on any atom is -0.357 e. The van der Waals surface area contributed by atoms with Crippen LogP contribution in [0.1, 0.15) is 29.2 Å². The summed E-state index contributed by atoms with van der Waals surface area (Å²) in [5.74, 6) is 0.675. The first-order valence-electron chi connectivity index (χ1n) is 10.2. The highest BCUT2D eigenvalue weighted by Gasteiger charge is 2.29. The van der Waals surface area contributed by atoms with Crippen LogP contribution < -0.4 is 10.6 Å². The van der Waals surface area contributed by atoms with Crippen LogP contribution in [0, 0.1) is 0 Å². The van der Waals surface area contributed by atoms with Crippen LogP contribution in [0.3, 0.4) is 0 Å². The van der Waals surface area contributed by atoms with Crippen LogP contribution in [0.4, 0.5) is 13.2 Å². The van der Waals surface area contributed by atoms with Gasteiger partial charge in [0.25, 0.3) is 0 Å². The van der Waals surface area contributed by atoms with Crippen molar-refractivity contribution in [1.29, 1.82) is 0 Å². The normalized spacial score (nSPS) is 11.7. The molecule has 0 aliphatic carbocycles. The molecule has 0 radical (unpaired) electrons. The average molecular weight is 557 g/mol. The van der Waals surface area contributed by atoms with Crippen LogP contribution in [0.15, 0.2) is 72.2 Å². The molecule has 0 spiro atoms. The molecule has 1 aromatic heterocycles. The predicted octanol–water partition coefficient (Wildman–Crippen LogP) is 4.87. The van der Waals surface area contributed by atoms with Crippen molar-refractivity contribution >= 4 is 29.9 Å². The molecule has 0 aliphatic rings. The molecule has 0 unspecified atom stereocenters. The first kappa shape index (κ1) is 25.7. The molecule has 3 aromatic rings. The number of guanidine groups is 1. The Morgan fingerprint density at radius 1 is 1.03 bits per heavy atom. The lowest BCUT2D eigenvalue weighted by atomic mass is 10.1. The van der Waals surface area contributed by atoms with Crippen molar-refractivity contribution in [2.75, 3.05) is 13.1 Å². The second-order valence-corrected chi connectivity index (χ2v) is 7.12. The van der Waals surface area contributed by atoms with Crippen molar-refractivity contribution in [2.45, 2.75) is 32.6 Å². The third-order valence-corrected chi connectivity index (χ3v) is 4.67. The number of halogens is 4. The maximum Gasteiger partial charge on any atom is 0.416 e. The molecule has 0 bridgehead atoms. The topological polar surface area (TPSA) is 54.2 Å². The molecule has 0 aliphatic heterocycles. The molecule has 172 valence electrons. The number of hydrogen-bond acceptors (Lipinski definition) is 2. The monoisotopic (exact) mass is 557 g/mol. The number of nitrogens with one attached hydrogen (secondary N) is 2. The summed E-state index contributed by atoms with van der Waals surface area (Å²) in [7, 11) is 0. The van der Waals surface area contributed by atoms with E-state index in [0.29, 0.717) is 32.0 Å². The van der Waals surface area contributed by atoms with Crippen LogP contribution in [0.2, 0.25) is 0 Å². The summed E-state index contributed by atoms with van der Waals surface area (Å²) in [6.45, 7) is 4.54. The number of hydrogen-bond donors (Lipinski definition) is 2. The van der Waals surface area contributed by atoms with Gasteiger partial charge in [-0.3, -0.25) is 0 Å². The third-order valence-electron chi connectivity index (χ3n) is 4.67. The molecule has 0 saturated heterocycles. The van der Waals surface area contributed by atoms with Gasteiger partial charge in [-0.25, -0.2) is 9.98 Å². The molecule has 0 fully saturated rings. The molecule has 3 rings (SSSR count). The maximum atomic E-state index is 12.7. The van der Waals surface area contributed by atoms with Gasteiger partial charge in [0, 0.05) is 32.0 Å². The number of benzene rings is 2. The van der Waals surface area contributed by atoms with E-state index in [0.717, 1.165) is 29.8 Å². The Morgan fingerprint density at radius 2 is 1.78 bits per heavy atom. The highest BCUT2D eigenvalue weighted by molar-refractivity contribution is 14.0. The van der Waals surface area contributed by atoms with Gasteiger partial charge < -0.3 is 15.2 Å². The Kier molecular flexibility index (Phi) is 10.0. The maximum absolute atomic E-state index is 12.7. The second-order valence-electron chi connectivity index (χ2n) is 7.12. The summed E-state index contributed by atoms with van der Waals surface area (Å²) >= 11 is 0. The Labute approximate surface area is 203 Å². The predicted molar refractivity (Wildman–Crippen MR) is 131 cm³/mol. The Hall–Kier alpha value is -2.56. The Balaban J connectivity index is 0.00000363. The van der Waals surface area contributed by atoms with E-state index in [-0.39, 0.29) is 24.0 Å². The van der Waals surface area contributed by atoms with E-state index in [2.05, 4.69) is 32.7 Å². The lowest BCUT2D eigenvalue weighted by Crippen LogP contribution is -2.38. The lowest BCUT2D eigenvalue weighted by molar-refractivity contribution is -0.137. The Bertz CT molecular complexity index is 970. The minimum absolute atomic E-state index is 0. The molecule has 5 nitrogen and oxygen atoms in total. The van der Waals surface area contributed by atoms with Crippen molar-refractivity contribution in [1.82, 2.24) is 20.2 Å². The number of rotatable bonds is 8. The van der Waals surface area contributed by atoms with Gasteiger partial charge >= 0.3 is 6.18 Å². The summed E-state index contributed by atoms with van der Waals surface area (Å²) in [5.41, 5.74) is 2.47. The molecule has 32 heavy (non-hydrogen) atoms.